The van der Waals surface area contributed by atoms with Crippen molar-refractivity contribution in [1.29, 1.82) is 0 Å². The van der Waals surface area contributed by atoms with Gasteiger partial charge in [-0.15, -0.1) is 0 Å². The molecule has 0 radical (unpaired) electrons. The largest absolute Gasteiger partial charge is 0.381 e. The van der Waals surface area contributed by atoms with Gasteiger partial charge in [0.2, 0.25) is 0 Å². The molecule has 0 saturated carbocycles. The second kappa shape index (κ2) is 14.5. The van der Waals surface area contributed by atoms with E-state index in [1.54, 1.807) is 0 Å². The van der Waals surface area contributed by atoms with Crippen LogP contribution in [0.3, 0.4) is 0 Å². The number of unbranched alkanes of at least 4 members (excludes halogenated alkanes) is 6. The first-order valence-electron chi connectivity index (χ1n) is 7.41. The first-order valence-corrected chi connectivity index (χ1v) is 8.53. The van der Waals surface area contributed by atoms with E-state index in [0.29, 0.717) is 0 Å². The summed E-state index contributed by atoms with van der Waals surface area (Å²) in [6.45, 7) is 6.48. The summed E-state index contributed by atoms with van der Waals surface area (Å²) in [7, 11) is 0. The molecule has 0 aliphatic carbocycles. The Morgan fingerprint density at radius 2 is 1.29 bits per heavy atom. The molecule has 1 nitrogen and oxygen atoms in total. The van der Waals surface area contributed by atoms with Crippen molar-refractivity contribution in [3.63, 3.8) is 0 Å². The zero-order valence-corrected chi connectivity index (χ0v) is 13.4. The van der Waals surface area contributed by atoms with E-state index >= 15 is 0 Å². The smallest absolute Gasteiger partial charge is 0.0466 e. The van der Waals surface area contributed by atoms with Crippen LogP contribution in [0, 0.1) is 5.92 Å². The molecule has 0 saturated heterocycles. The maximum Gasteiger partial charge on any atom is 0.0466 e. The van der Waals surface area contributed by atoms with Gasteiger partial charge in [0.25, 0.3) is 0 Å². The quantitative estimate of drug-likeness (QED) is 0.319. The number of ether oxygens (including phenoxy) is 1. The maximum atomic E-state index is 5.62. The third-order valence-corrected chi connectivity index (χ3v) is 3.55. The molecule has 0 heterocycles. The van der Waals surface area contributed by atoms with E-state index in [0.717, 1.165) is 24.5 Å². The van der Waals surface area contributed by atoms with Gasteiger partial charge in [0.1, 0.15) is 0 Å². The molecule has 104 valence electrons. The number of hydrogen-bond acceptors (Lipinski definition) is 1. The molecule has 0 atom stereocenters. The fourth-order valence-electron chi connectivity index (χ4n) is 1.88. The van der Waals surface area contributed by atoms with Crippen LogP contribution in [0.15, 0.2) is 0 Å². The molecular formula is C15H31BrO. The summed E-state index contributed by atoms with van der Waals surface area (Å²) in [5, 5.41) is 1.16. The van der Waals surface area contributed by atoms with Gasteiger partial charge in [0.15, 0.2) is 0 Å². The lowest BCUT2D eigenvalue weighted by Crippen LogP contribution is -1.99. The van der Waals surface area contributed by atoms with Crippen LogP contribution < -0.4 is 0 Å². The van der Waals surface area contributed by atoms with Gasteiger partial charge in [0, 0.05) is 18.5 Å². The highest BCUT2D eigenvalue weighted by Gasteiger charge is 1.95. The summed E-state index contributed by atoms with van der Waals surface area (Å²) >= 11 is 3.47. The third kappa shape index (κ3) is 16.4. The normalized spacial score (nSPS) is 11.3. The molecule has 0 spiro atoms. The molecule has 0 bridgehead atoms. The Labute approximate surface area is 117 Å². The molecule has 0 aromatic heterocycles. The van der Waals surface area contributed by atoms with Gasteiger partial charge in [-0.25, -0.2) is 0 Å². The van der Waals surface area contributed by atoms with Crippen LogP contribution >= 0.6 is 15.9 Å². The average molecular weight is 307 g/mol. The molecule has 0 aliphatic heterocycles. The standard InChI is InChI=1S/C15H31BrO/c1-15(2)11-10-14-17-13-9-7-5-3-4-6-8-12-16/h15H,3-14H2,1-2H3. The van der Waals surface area contributed by atoms with Gasteiger partial charge < -0.3 is 4.74 Å². The number of rotatable bonds is 13. The van der Waals surface area contributed by atoms with E-state index in [2.05, 4.69) is 29.8 Å². The van der Waals surface area contributed by atoms with Crippen molar-refractivity contribution in [1.82, 2.24) is 0 Å². The van der Waals surface area contributed by atoms with Crippen molar-refractivity contribution in [2.45, 2.75) is 71.6 Å². The molecule has 0 unspecified atom stereocenters. The van der Waals surface area contributed by atoms with Crippen molar-refractivity contribution in [2.75, 3.05) is 18.5 Å². The SMILES string of the molecule is CC(C)CCCOCCCCCCCCCBr. The summed E-state index contributed by atoms with van der Waals surface area (Å²) in [5.41, 5.74) is 0. The highest BCUT2D eigenvalue weighted by molar-refractivity contribution is 9.09. The van der Waals surface area contributed by atoms with Crippen LogP contribution in [-0.2, 0) is 4.74 Å². The topological polar surface area (TPSA) is 9.23 Å². The van der Waals surface area contributed by atoms with Crippen LogP contribution in [-0.4, -0.2) is 18.5 Å². The van der Waals surface area contributed by atoms with Crippen molar-refractivity contribution >= 4 is 15.9 Å². The van der Waals surface area contributed by atoms with Gasteiger partial charge >= 0.3 is 0 Å². The Morgan fingerprint density at radius 1 is 0.765 bits per heavy atom. The number of hydrogen-bond donors (Lipinski definition) is 0. The highest BCUT2D eigenvalue weighted by Crippen LogP contribution is 2.08. The van der Waals surface area contributed by atoms with Crippen LogP contribution in [0.1, 0.15) is 71.6 Å². The third-order valence-electron chi connectivity index (χ3n) is 2.99. The molecule has 0 rings (SSSR count). The monoisotopic (exact) mass is 306 g/mol. The summed E-state index contributed by atoms with van der Waals surface area (Å²) in [5.74, 6) is 0.818. The van der Waals surface area contributed by atoms with Crippen LogP contribution in [0.2, 0.25) is 0 Å². The summed E-state index contributed by atoms with van der Waals surface area (Å²) < 4.78 is 5.62. The van der Waals surface area contributed by atoms with Crippen molar-refractivity contribution in [2.24, 2.45) is 5.92 Å². The zero-order chi connectivity index (χ0) is 12.8. The fraction of sp³-hybridized carbons (Fsp3) is 1.00. The summed E-state index contributed by atoms with van der Waals surface area (Å²) in [6.07, 6.45) is 12.0. The summed E-state index contributed by atoms with van der Waals surface area (Å²) in [6, 6.07) is 0. The average Bonchev–Trinajstić information content (AvgIpc) is 2.30. The van der Waals surface area contributed by atoms with Crippen LogP contribution in [0.4, 0.5) is 0 Å². The van der Waals surface area contributed by atoms with Gasteiger partial charge in [-0.3, -0.25) is 0 Å². The molecule has 0 aromatic rings. The van der Waals surface area contributed by atoms with E-state index < -0.39 is 0 Å². The van der Waals surface area contributed by atoms with Gasteiger partial charge in [-0.05, 0) is 31.6 Å². The van der Waals surface area contributed by atoms with Crippen molar-refractivity contribution in [3.05, 3.63) is 0 Å². The Bertz CT molecular complexity index is 137. The van der Waals surface area contributed by atoms with E-state index in [-0.39, 0.29) is 0 Å². The highest BCUT2D eigenvalue weighted by atomic mass is 79.9. The predicted octanol–water partition coefficient (Wildman–Crippen LogP) is 5.56. The Hall–Kier alpha value is 0.440. The minimum atomic E-state index is 0.818. The Kier molecular flexibility index (Phi) is 14.9. The molecule has 0 aromatic carbocycles. The first-order chi connectivity index (χ1) is 8.27. The van der Waals surface area contributed by atoms with E-state index in [9.17, 15) is 0 Å². The minimum Gasteiger partial charge on any atom is -0.381 e. The van der Waals surface area contributed by atoms with Gasteiger partial charge in [-0.1, -0.05) is 61.9 Å². The van der Waals surface area contributed by atoms with Gasteiger partial charge in [0.05, 0.1) is 0 Å². The predicted molar refractivity (Wildman–Crippen MR) is 81.0 cm³/mol. The number of alkyl halides is 1. The van der Waals surface area contributed by atoms with Gasteiger partial charge in [-0.2, -0.15) is 0 Å². The Morgan fingerprint density at radius 3 is 1.88 bits per heavy atom. The summed E-state index contributed by atoms with van der Waals surface area (Å²) in [4.78, 5) is 0. The first kappa shape index (κ1) is 17.4. The van der Waals surface area contributed by atoms with E-state index in [4.69, 9.17) is 4.74 Å². The van der Waals surface area contributed by atoms with E-state index in [1.807, 2.05) is 0 Å². The van der Waals surface area contributed by atoms with E-state index in [1.165, 1.54) is 57.8 Å². The van der Waals surface area contributed by atoms with Crippen molar-refractivity contribution < 1.29 is 4.74 Å². The maximum absolute atomic E-state index is 5.62. The molecule has 0 N–H and O–H groups in total. The second-order valence-electron chi connectivity index (χ2n) is 5.31. The van der Waals surface area contributed by atoms with Crippen LogP contribution in [0.25, 0.3) is 0 Å². The lowest BCUT2D eigenvalue weighted by molar-refractivity contribution is 0.124. The fourth-order valence-corrected chi connectivity index (χ4v) is 2.27. The molecular weight excluding hydrogens is 276 g/mol. The molecule has 17 heavy (non-hydrogen) atoms. The second-order valence-corrected chi connectivity index (χ2v) is 6.11. The molecule has 0 fully saturated rings. The molecule has 0 amide bonds. The lowest BCUT2D eigenvalue weighted by Gasteiger charge is -2.06. The molecule has 0 aliphatic rings. The lowest BCUT2D eigenvalue weighted by atomic mass is 10.1. The molecule has 2 heteroatoms. The number of halogens is 1. The van der Waals surface area contributed by atoms with Crippen LogP contribution in [0.5, 0.6) is 0 Å². The van der Waals surface area contributed by atoms with Crippen molar-refractivity contribution in [3.8, 4) is 0 Å². The minimum absolute atomic E-state index is 0.818. The zero-order valence-electron chi connectivity index (χ0n) is 11.8. The Balaban J connectivity index is 2.89.